The second-order valence-corrected chi connectivity index (χ2v) is 8.55. The van der Waals surface area contributed by atoms with Crippen LogP contribution in [0.1, 0.15) is 39.0 Å². The Bertz CT molecular complexity index is 1040. The highest BCUT2D eigenvalue weighted by atomic mass is 79.9. The lowest BCUT2D eigenvalue weighted by molar-refractivity contribution is -0.120. The number of nitrogens with one attached hydrogen (secondary N) is 1. The molecular formula is C22H22BrF2N3O3. The maximum Gasteiger partial charge on any atom is 0.410 e. The number of amides is 2. The summed E-state index contributed by atoms with van der Waals surface area (Å²) in [4.78, 5) is 30.1. The van der Waals surface area contributed by atoms with Crippen molar-refractivity contribution in [3.8, 4) is 11.8 Å². The van der Waals surface area contributed by atoms with Gasteiger partial charge in [0, 0.05) is 18.7 Å². The van der Waals surface area contributed by atoms with E-state index in [1.165, 1.54) is 11.9 Å². The Kier molecular flexibility index (Phi) is 7.74. The molecule has 2 rings (SSSR count). The number of ether oxygens (including phenoxy) is 1. The highest BCUT2D eigenvalue weighted by Gasteiger charge is 2.27. The summed E-state index contributed by atoms with van der Waals surface area (Å²) in [5.74, 6) is 3.61. The molecule has 164 valence electrons. The van der Waals surface area contributed by atoms with Crippen molar-refractivity contribution in [2.24, 2.45) is 0 Å². The Morgan fingerprint density at radius 1 is 1.16 bits per heavy atom. The first kappa shape index (κ1) is 24.3. The lowest BCUT2D eigenvalue weighted by Crippen LogP contribution is -2.45. The number of rotatable bonds is 3. The molecule has 1 aromatic heterocycles. The van der Waals surface area contributed by atoms with Gasteiger partial charge in [0.25, 0.3) is 0 Å². The van der Waals surface area contributed by atoms with Crippen molar-refractivity contribution >= 4 is 33.7 Å². The zero-order chi connectivity index (χ0) is 23.3. The Balaban J connectivity index is 2.15. The summed E-state index contributed by atoms with van der Waals surface area (Å²) in [7, 11) is 1.46. The molecule has 0 aliphatic heterocycles. The number of carbonyl (C=O) groups is 2. The Labute approximate surface area is 188 Å². The average Bonchev–Trinajstić information content (AvgIpc) is 2.65. The molecule has 2 amide bonds. The lowest BCUT2D eigenvalue weighted by Gasteiger charge is -2.28. The standard InChI is InChI=1S/C22H22BrF2N3O3/c1-13(28(5)21(30)31-22(2,3)4)20(29)27-19-9-7-17(23)18(26-19)8-6-14-10-15(24)12-16(25)11-14/h7,9-13H,1-5H3,(H,26,27,29). The van der Waals surface area contributed by atoms with Crippen LogP contribution in [-0.4, -0.2) is 40.6 Å². The summed E-state index contributed by atoms with van der Waals surface area (Å²) in [6.07, 6.45) is -0.632. The second kappa shape index (κ2) is 9.88. The van der Waals surface area contributed by atoms with Crippen LogP contribution in [0.4, 0.5) is 19.4 Å². The van der Waals surface area contributed by atoms with Gasteiger partial charge in [-0.3, -0.25) is 9.69 Å². The van der Waals surface area contributed by atoms with Crippen LogP contribution in [0.15, 0.2) is 34.8 Å². The van der Waals surface area contributed by atoms with Gasteiger partial charge in [-0.25, -0.2) is 18.6 Å². The molecule has 1 unspecified atom stereocenters. The molecule has 0 saturated heterocycles. The molecule has 31 heavy (non-hydrogen) atoms. The third-order valence-electron chi connectivity index (χ3n) is 3.93. The monoisotopic (exact) mass is 493 g/mol. The number of hydrogen-bond acceptors (Lipinski definition) is 4. The van der Waals surface area contributed by atoms with Crippen LogP contribution in [0.5, 0.6) is 0 Å². The van der Waals surface area contributed by atoms with Crippen LogP contribution in [0, 0.1) is 23.5 Å². The molecule has 0 aliphatic carbocycles. The van der Waals surface area contributed by atoms with Gasteiger partial charge in [-0.2, -0.15) is 0 Å². The summed E-state index contributed by atoms with van der Waals surface area (Å²) in [5.41, 5.74) is -0.281. The van der Waals surface area contributed by atoms with Crippen LogP contribution in [0.25, 0.3) is 0 Å². The van der Waals surface area contributed by atoms with E-state index in [1.807, 2.05) is 0 Å². The van der Waals surface area contributed by atoms with Gasteiger partial charge in [-0.15, -0.1) is 0 Å². The predicted molar refractivity (Wildman–Crippen MR) is 116 cm³/mol. The Morgan fingerprint density at radius 2 is 1.77 bits per heavy atom. The van der Waals surface area contributed by atoms with E-state index in [2.05, 4.69) is 38.1 Å². The predicted octanol–water partition coefficient (Wildman–Crippen LogP) is 4.72. The zero-order valence-electron chi connectivity index (χ0n) is 17.7. The van der Waals surface area contributed by atoms with Crippen LogP contribution in [0.3, 0.4) is 0 Å². The van der Waals surface area contributed by atoms with Crippen molar-refractivity contribution in [1.82, 2.24) is 9.88 Å². The molecule has 6 nitrogen and oxygen atoms in total. The largest absolute Gasteiger partial charge is 0.444 e. The number of halogens is 3. The Morgan fingerprint density at radius 3 is 2.35 bits per heavy atom. The van der Waals surface area contributed by atoms with Crippen molar-refractivity contribution in [2.75, 3.05) is 12.4 Å². The topological polar surface area (TPSA) is 71.5 Å². The van der Waals surface area contributed by atoms with E-state index in [0.717, 1.165) is 18.2 Å². The van der Waals surface area contributed by atoms with Crippen molar-refractivity contribution in [1.29, 1.82) is 0 Å². The van der Waals surface area contributed by atoms with Crippen molar-refractivity contribution < 1.29 is 23.1 Å². The van der Waals surface area contributed by atoms with Gasteiger partial charge in [0.2, 0.25) is 5.91 Å². The van der Waals surface area contributed by atoms with Crippen molar-refractivity contribution in [2.45, 2.75) is 39.3 Å². The highest BCUT2D eigenvalue weighted by molar-refractivity contribution is 9.10. The quantitative estimate of drug-likeness (QED) is 0.628. The van der Waals surface area contributed by atoms with E-state index in [9.17, 15) is 18.4 Å². The van der Waals surface area contributed by atoms with Gasteiger partial charge < -0.3 is 10.1 Å². The summed E-state index contributed by atoms with van der Waals surface area (Å²) in [6, 6.07) is 5.31. The molecule has 1 heterocycles. The van der Waals surface area contributed by atoms with E-state index in [1.54, 1.807) is 39.8 Å². The average molecular weight is 494 g/mol. The second-order valence-electron chi connectivity index (χ2n) is 7.69. The number of carbonyl (C=O) groups excluding carboxylic acids is 2. The molecule has 0 aliphatic rings. The van der Waals surface area contributed by atoms with E-state index in [-0.39, 0.29) is 17.1 Å². The fraction of sp³-hybridized carbons (Fsp3) is 0.318. The number of anilines is 1. The number of benzene rings is 1. The van der Waals surface area contributed by atoms with Crippen LogP contribution < -0.4 is 5.32 Å². The minimum atomic E-state index is -0.829. The normalized spacial score (nSPS) is 11.7. The maximum atomic E-state index is 13.3. The van der Waals surface area contributed by atoms with E-state index in [0.29, 0.717) is 4.47 Å². The van der Waals surface area contributed by atoms with Gasteiger partial charge in [0.15, 0.2) is 0 Å². The van der Waals surface area contributed by atoms with Gasteiger partial charge in [-0.05, 0) is 73.8 Å². The highest BCUT2D eigenvalue weighted by Crippen LogP contribution is 2.18. The first-order valence-electron chi connectivity index (χ1n) is 9.27. The smallest absolute Gasteiger partial charge is 0.410 e. The van der Waals surface area contributed by atoms with E-state index < -0.39 is 35.3 Å². The van der Waals surface area contributed by atoms with Crippen LogP contribution >= 0.6 is 15.9 Å². The molecule has 1 N–H and O–H groups in total. The van der Waals surface area contributed by atoms with Gasteiger partial charge in [0.05, 0.1) is 4.47 Å². The van der Waals surface area contributed by atoms with E-state index in [4.69, 9.17) is 4.74 Å². The molecule has 1 atom stereocenters. The zero-order valence-corrected chi connectivity index (χ0v) is 19.3. The van der Waals surface area contributed by atoms with Gasteiger partial charge in [-0.1, -0.05) is 5.92 Å². The number of nitrogens with zero attached hydrogens (tertiary/aromatic N) is 2. The number of hydrogen-bond donors (Lipinski definition) is 1. The molecule has 0 bridgehead atoms. The number of pyridine rings is 1. The summed E-state index contributed by atoms with van der Waals surface area (Å²) < 4.78 is 32.4. The molecule has 0 saturated carbocycles. The summed E-state index contributed by atoms with van der Waals surface area (Å²) >= 11 is 3.30. The molecular weight excluding hydrogens is 472 g/mol. The molecule has 0 radical (unpaired) electrons. The minimum Gasteiger partial charge on any atom is -0.444 e. The molecule has 1 aromatic carbocycles. The maximum absolute atomic E-state index is 13.3. The molecule has 9 heteroatoms. The van der Waals surface area contributed by atoms with E-state index >= 15 is 0 Å². The summed E-state index contributed by atoms with van der Waals surface area (Å²) in [6.45, 7) is 6.75. The SMILES string of the molecule is CC(C(=O)Nc1ccc(Br)c(C#Cc2cc(F)cc(F)c2)n1)N(C)C(=O)OC(C)(C)C. The molecule has 2 aromatic rings. The van der Waals surface area contributed by atoms with Gasteiger partial charge in [0.1, 0.15) is 34.8 Å². The summed E-state index contributed by atoms with van der Waals surface area (Å²) in [5, 5.41) is 2.62. The number of likely N-dealkylation sites (N-methyl/N-ethyl adjacent to an activating group) is 1. The van der Waals surface area contributed by atoms with Crippen LogP contribution in [0.2, 0.25) is 0 Å². The first-order chi connectivity index (χ1) is 14.4. The Hall–Kier alpha value is -2.99. The number of aromatic nitrogens is 1. The van der Waals surface area contributed by atoms with Crippen LogP contribution in [-0.2, 0) is 9.53 Å². The van der Waals surface area contributed by atoms with Crippen molar-refractivity contribution in [3.63, 3.8) is 0 Å². The fourth-order valence-electron chi connectivity index (χ4n) is 2.26. The molecule has 0 spiro atoms. The van der Waals surface area contributed by atoms with Gasteiger partial charge >= 0.3 is 6.09 Å². The van der Waals surface area contributed by atoms with Crippen molar-refractivity contribution in [3.05, 3.63) is 57.7 Å². The lowest BCUT2D eigenvalue weighted by atomic mass is 10.2. The third kappa shape index (κ3) is 7.33. The third-order valence-corrected chi connectivity index (χ3v) is 4.57. The molecule has 0 fully saturated rings. The fourth-order valence-corrected chi connectivity index (χ4v) is 2.58. The minimum absolute atomic E-state index is 0.147. The first-order valence-corrected chi connectivity index (χ1v) is 10.1.